The molecule has 214 valence electrons. The number of hydrogen-bond donors (Lipinski definition) is 1. The SMILES string of the molecule is COc1cc2c(cc1-c1ccn(C)n1)-c1c(-c3cccs3)cc(C(=O)N3CCC[C@]3(C)[C@H](O)C(F)(F)F)n1[C@@H]1C[C@H]21. The van der Waals surface area contributed by atoms with Gasteiger partial charge in [0.1, 0.15) is 11.4 Å². The van der Waals surface area contributed by atoms with Crippen molar-refractivity contribution in [1.82, 2.24) is 19.2 Å². The number of ether oxygens (including phenoxy) is 1. The maximum Gasteiger partial charge on any atom is 0.416 e. The zero-order valence-corrected chi connectivity index (χ0v) is 23.6. The lowest BCUT2D eigenvalue weighted by atomic mass is 9.90. The Kier molecular flexibility index (Phi) is 5.76. The Labute approximate surface area is 238 Å². The molecule has 41 heavy (non-hydrogen) atoms. The molecule has 11 heteroatoms. The Morgan fingerprint density at radius 1 is 1.22 bits per heavy atom. The number of rotatable bonds is 5. The second-order valence-electron chi connectivity index (χ2n) is 11.4. The van der Waals surface area contributed by atoms with Gasteiger partial charge < -0.3 is 19.3 Å². The number of thiophene rings is 1. The molecule has 4 aromatic rings. The molecule has 7 nitrogen and oxygen atoms in total. The van der Waals surface area contributed by atoms with Gasteiger partial charge in [-0.25, -0.2) is 0 Å². The highest BCUT2D eigenvalue weighted by Crippen LogP contribution is 2.62. The Morgan fingerprint density at radius 2 is 2.02 bits per heavy atom. The van der Waals surface area contributed by atoms with Gasteiger partial charge in [0.05, 0.1) is 24.0 Å². The predicted octanol–water partition coefficient (Wildman–Crippen LogP) is 6.25. The first kappa shape index (κ1) is 26.3. The number of benzene rings is 1. The van der Waals surface area contributed by atoms with Crippen LogP contribution in [0.5, 0.6) is 5.75 Å². The van der Waals surface area contributed by atoms with Crippen molar-refractivity contribution >= 4 is 17.2 Å². The van der Waals surface area contributed by atoms with E-state index >= 15 is 0 Å². The minimum absolute atomic E-state index is 0.0111. The lowest BCUT2D eigenvalue weighted by molar-refractivity contribution is -0.232. The van der Waals surface area contributed by atoms with Crippen molar-refractivity contribution in [3.05, 3.63) is 59.2 Å². The number of aryl methyl sites for hydroxylation is 1. The molecule has 2 fully saturated rings. The Hall–Kier alpha value is -3.57. The van der Waals surface area contributed by atoms with E-state index in [2.05, 4.69) is 17.2 Å². The standard InChI is InChI=1S/C30H29F3N4O3S/c1-29(28(39)30(31,32)33)8-5-9-36(29)27(38)23-14-20(25-6-4-11-41-25)26-18-12-19(21-7-10-35(2)34-21)24(40-3)15-16(18)17-13-22(17)37(23)26/h4,6-7,10-12,14-15,17,22,28,39H,5,8-9,13H2,1-3H3/t17-,22-,28+,29-/m1/s1. The third-order valence-corrected chi connectivity index (χ3v) is 9.88. The summed E-state index contributed by atoms with van der Waals surface area (Å²) in [7, 11) is 3.49. The lowest BCUT2D eigenvalue weighted by Crippen LogP contribution is -2.58. The molecule has 1 saturated heterocycles. The third kappa shape index (κ3) is 3.89. The average Bonchev–Trinajstić information content (AvgIpc) is 3.38. The van der Waals surface area contributed by atoms with Crippen molar-refractivity contribution in [2.24, 2.45) is 7.05 Å². The van der Waals surface area contributed by atoms with Gasteiger partial charge >= 0.3 is 6.18 Å². The minimum atomic E-state index is -4.83. The van der Waals surface area contributed by atoms with Crippen LogP contribution in [0.4, 0.5) is 13.2 Å². The molecule has 1 aliphatic carbocycles. The van der Waals surface area contributed by atoms with Crippen molar-refractivity contribution < 1.29 is 27.8 Å². The lowest BCUT2D eigenvalue weighted by Gasteiger charge is -2.40. The molecule has 1 N–H and O–H groups in total. The van der Waals surface area contributed by atoms with E-state index < -0.39 is 23.7 Å². The topological polar surface area (TPSA) is 72.5 Å². The van der Waals surface area contributed by atoms with E-state index in [-0.39, 0.29) is 24.9 Å². The summed E-state index contributed by atoms with van der Waals surface area (Å²) in [6.45, 7) is 1.50. The number of methoxy groups -OCH3 is 1. The first-order valence-electron chi connectivity index (χ1n) is 13.6. The van der Waals surface area contributed by atoms with E-state index in [1.165, 1.54) is 11.8 Å². The molecule has 3 aromatic heterocycles. The van der Waals surface area contributed by atoms with Crippen LogP contribution in [0.3, 0.4) is 0 Å². The monoisotopic (exact) mass is 582 g/mol. The Balaban J connectivity index is 1.42. The van der Waals surface area contributed by atoms with Gasteiger partial charge in [-0.15, -0.1) is 11.3 Å². The van der Waals surface area contributed by atoms with Gasteiger partial charge in [-0.05, 0) is 67.5 Å². The Bertz CT molecular complexity index is 1670. The van der Waals surface area contributed by atoms with Crippen LogP contribution in [0.2, 0.25) is 0 Å². The fraction of sp³-hybridized carbons (Fsp3) is 0.400. The van der Waals surface area contributed by atoms with Gasteiger partial charge in [-0.2, -0.15) is 18.3 Å². The zero-order chi connectivity index (χ0) is 28.8. The van der Waals surface area contributed by atoms with Crippen LogP contribution in [0.1, 0.15) is 54.2 Å². The van der Waals surface area contributed by atoms with E-state index in [1.54, 1.807) is 23.1 Å². The maximum absolute atomic E-state index is 14.2. The summed E-state index contributed by atoms with van der Waals surface area (Å²) in [4.78, 5) is 16.4. The Morgan fingerprint density at radius 3 is 2.68 bits per heavy atom. The summed E-state index contributed by atoms with van der Waals surface area (Å²) in [6.07, 6.45) is -4.32. The highest BCUT2D eigenvalue weighted by molar-refractivity contribution is 7.13. The van der Waals surface area contributed by atoms with Gasteiger partial charge in [0.2, 0.25) is 0 Å². The molecule has 0 unspecified atom stereocenters. The normalized spacial score (nSPS) is 23.6. The highest BCUT2D eigenvalue weighted by atomic mass is 32.1. The first-order valence-corrected chi connectivity index (χ1v) is 14.5. The van der Waals surface area contributed by atoms with Gasteiger partial charge in [0, 0.05) is 53.3 Å². The summed E-state index contributed by atoms with van der Waals surface area (Å²) in [6, 6.07) is 11.8. The van der Waals surface area contributed by atoms with Crippen molar-refractivity contribution in [2.75, 3.05) is 13.7 Å². The number of aromatic nitrogens is 3. The molecule has 0 bridgehead atoms. The number of aliphatic hydroxyl groups is 1. The summed E-state index contributed by atoms with van der Waals surface area (Å²) in [5.41, 5.74) is 4.04. The molecule has 5 heterocycles. The minimum Gasteiger partial charge on any atom is -0.496 e. The van der Waals surface area contributed by atoms with Crippen LogP contribution >= 0.6 is 11.3 Å². The molecule has 1 amide bonds. The van der Waals surface area contributed by atoms with Gasteiger partial charge in [0.25, 0.3) is 5.91 Å². The second kappa shape index (κ2) is 8.96. The largest absolute Gasteiger partial charge is 0.496 e. The number of amides is 1. The molecule has 3 aliphatic rings. The average molecular weight is 583 g/mol. The third-order valence-electron chi connectivity index (χ3n) is 8.97. The maximum atomic E-state index is 14.2. The van der Waals surface area contributed by atoms with Gasteiger partial charge in [-0.3, -0.25) is 9.48 Å². The zero-order valence-electron chi connectivity index (χ0n) is 22.8. The van der Waals surface area contributed by atoms with Crippen LogP contribution in [0, 0.1) is 0 Å². The second-order valence-corrected chi connectivity index (χ2v) is 12.4. The predicted molar refractivity (Wildman–Crippen MR) is 149 cm³/mol. The van der Waals surface area contributed by atoms with E-state index in [1.807, 2.05) is 47.5 Å². The van der Waals surface area contributed by atoms with Gasteiger partial charge in [0.15, 0.2) is 6.10 Å². The van der Waals surface area contributed by atoms with Crippen LogP contribution in [0.25, 0.3) is 33.0 Å². The molecule has 2 aliphatic heterocycles. The van der Waals surface area contributed by atoms with Crippen molar-refractivity contribution in [3.8, 4) is 38.7 Å². The number of carbonyl (C=O) groups excluding carboxylic acids is 1. The van der Waals surface area contributed by atoms with Crippen molar-refractivity contribution in [3.63, 3.8) is 0 Å². The van der Waals surface area contributed by atoms with Gasteiger partial charge in [-0.1, -0.05) is 6.07 Å². The van der Waals surface area contributed by atoms with Crippen molar-refractivity contribution in [1.29, 1.82) is 0 Å². The fourth-order valence-electron chi connectivity index (χ4n) is 6.86. The summed E-state index contributed by atoms with van der Waals surface area (Å²) in [5, 5.41) is 16.9. The molecular formula is C30H29F3N4O3S. The summed E-state index contributed by atoms with van der Waals surface area (Å²) >= 11 is 1.55. The van der Waals surface area contributed by atoms with E-state index in [4.69, 9.17) is 4.74 Å². The number of likely N-dealkylation sites (tertiary alicyclic amines) is 1. The quantitative estimate of drug-likeness (QED) is 0.302. The molecule has 1 saturated carbocycles. The van der Waals surface area contributed by atoms with Crippen LogP contribution in [-0.4, -0.2) is 61.7 Å². The summed E-state index contributed by atoms with van der Waals surface area (Å²) < 4.78 is 50.7. The number of aliphatic hydroxyl groups excluding tert-OH is 1. The smallest absolute Gasteiger partial charge is 0.416 e. The number of alkyl halides is 3. The molecule has 0 spiro atoms. The molecule has 0 radical (unpaired) electrons. The number of nitrogens with zero attached hydrogens (tertiary/aromatic N) is 4. The number of halogens is 3. The molecule has 4 atom stereocenters. The molecule has 7 rings (SSSR count). The molecular weight excluding hydrogens is 553 g/mol. The first-order chi connectivity index (χ1) is 19.5. The van der Waals surface area contributed by atoms with E-state index in [0.29, 0.717) is 12.1 Å². The number of fused-ring (bicyclic) bond motifs is 6. The van der Waals surface area contributed by atoms with E-state index in [9.17, 15) is 23.1 Å². The number of hydrogen-bond acceptors (Lipinski definition) is 5. The summed E-state index contributed by atoms with van der Waals surface area (Å²) in [5.74, 6) is 0.394. The van der Waals surface area contributed by atoms with Crippen LogP contribution in [-0.2, 0) is 7.05 Å². The molecule has 1 aromatic carbocycles. The van der Waals surface area contributed by atoms with Crippen LogP contribution in [0.15, 0.2) is 48.0 Å². The highest BCUT2D eigenvalue weighted by Gasteiger charge is 2.57. The fourth-order valence-corrected chi connectivity index (χ4v) is 7.60. The van der Waals surface area contributed by atoms with E-state index in [0.717, 1.165) is 50.7 Å². The number of carbonyl (C=O) groups is 1. The van der Waals surface area contributed by atoms with Crippen molar-refractivity contribution in [2.45, 2.75) is 56.0 Å². The van der Waals surface area contributed by atoms with Crippen LogP contribution < -0.4 is 4.74 Å².